The van der Waals surface area contributed by atoms with Crippen molar-refractivity contribution in [2.24, 2.45) is 0 Å². The molecule has 0 bridgehead atoms. The van der Waals surface area contributed by atoms with Gasteiger partial charge in [0.1, 0.15) is 5.82 Å². The van der Waals surface area contributed by atoms with E-state index in [1.807, 2.05) is 0 Å². The molecule has 0 aromatic heterocycles. The van der Waals surface area contributed by atoms with Crippen molar-refractivity contribution in [2.45, 2.75) is 38.3 Å². The molecule has 4 rings (SSSR count). The van der Waals surface area contributed by atoms with Gasteiger partial charge >= 0.3 is 11.8 Å². The molecule has 6 nitrogen and oxygen atoms in total. The third-order valence-corrected chi connectivity index (χ3v) is 6.48. The van der Waals surface area contributed by atoms with Crippen LogP contribution in [0.1, 0.15) is 42.0 Å². The van der Waals surface area contributed by atoms with Gasteiger partial charge in [-0.1, -0.05) is 30.7 Å². The van der Waals surface area contributed by atoms with Crippen molar-refractivity contribution in [3.8, 4) is 0 Å². The molecule has 2 aliphatic heterocycles. The molecule has 7 heteroatoms. The van der Waals surface area contributed by atoms with E-state index in [2.05, 4.69) is 45.7 Å². The van der Waals surface area contributed by atoms with E-state index in [1.54, 1.807) is 12.1 Å². The predicted molar refractivity (Wildman–Crippen MR) is 123 cm³/mol. The van der Waals surface area contributed by atoms with Crippen molar-refractivity contribution < 1.29 is 14.0 Å². The smallest absolute Gasteiger partial charge is 0.309 e. The molecule has 32 heavy (non-hydrogen) atoms. The maximum atomic E-state index is 13.0. The van der Waals surface area contributed by atoms with Crippen LogP contribution in [0.5, 0.6) is 0 Å². The van der Waals surface area contributed by atoms with Crippen LogP contribution in [0.15, 0.2) is 42.5 Å². The van der Waals surface area contributed by atoms with Crippen molar-refractivity contribution in [2.75, 3.05) is 38.1 Å². The zero-order valence-corrected chi connectivity index (χ0v) is 18.6. The molecule has 2 N–H and O–H groups in total. The SMILES string of the molecule is CN1CCc2cc(C(CNC(=O)C(=O)NCc3ccc(F)cc3)N3CCCCC3)ccc21. The first-order chi connectivity index (χ1) is 15.5. The number of halogens is 1. The normalized spacial score (nSPS) is 17.0. The van der Waals surface area contributed by atoms with E-state index in [0.29, 0.717) is 6.54 Å². The number of carbonyl (C=O) groups excluding carboxylic acids is 2. The Hall–Kier alpha value is -2.93. The molecule has 0 saturated carbocycles. The lowest BCUT2D eigenvalue weighted by molar-refractivity contribution is -0.139. The van der Waals surface area contributed by atoms with Gasteiger partial charge in [-0.05, 0) is 67.2 Å². The van der Waals surface area contributed by atoms with Gasteiger partial charge in [0.25, 0.3) is 0 Å². The first-order valence-electron chi connectivity index (χ1n) is 11.4. The molecule has 0 radical (unpaired) electrons. The van der Waals surface area contributed by atoms with E-state index in [-0.39, 0.29) is 18.4 Å². The van der Waals surface area contributed by atoms with Gasteiger partial charge < -0.3 is 15.5 Å². The van der Waals surface area contributed by atoms with Crippen molar-refractivity contribution in [1.29, 1.82) is 0 Å². The highest BCUT2D eigenvalue weighted by Gasteiger charge is 2.26. The average Bonchev–Trinajstić information content (AvgIpc) is 3.19. The Balaban J connectivity index is 1.39. The molecule has 170 valence electrons. The lowest BCUT2D eigenvalue weighted by Gasteiger charge is -2.35. The molecule has 0 aliphatic carbocycles. The minimum Gasteiger partial charge on any atom is -0.374 e. The van der Waals surface area contributed by atoms with Gasteiger partial charge in [0.2, 0.25) is 0 Å². The molecule has 0 spiro atoms. The van der Waals surface area contributed by atoms with Crippen LogP contribution < -0.4 is 15.5 Å². The number of anilines is 1. The number of amides is 2. The fourth-order valence-corrected chi connectivity index (χ4v) is 4.62. The Labute approximate surface area is 188 Å². The molecule has 2 aromatic carbocycles. The van der Waals surface area contributed by atoms with E-state index >= 15 is 0 Å². The van der Waals surface area contributed by atoms with Gasteiger partial charge in [-0.2, -0.15) is 0 Å². The molecule has 2 amide bonds. The van der Waals surface area contributed by atoms with Crippen LogP contribution in [-0.2, 0) is 22.6 Å². The van der Waals surface area contributed by atoms with Crippen LogP contribution in [0, 0.1) is 5.82 Å². The van der Waals surface area contributed by atoms with Crippen LogP contribution in [0.3, 0.4) is 0 Å². The van der Waals surface area contributed by atoms with Crippen molar-refractivity contribution in [3.63, 3.8) is 0 Å². The summed E-state index contributed by atoms with van der Waals surface area (Å²) in [5, 5.41) is 5.44. The average molecular weight is 439 g/mol. The molecular formula is C25H31FN4O2. The number of nitrogens with zero attached hydrogens (tertiary/aromatic N) is 2. The molecule has 2 aliphatic rings. The Bertz CT molecular complexity index is 957. The van der Waals surface area contributed by atoms with E-state index in [4.69, 9.17) is 0 Å². The minimum absolute atomic E-state index is 0.0420. The first kappa shape index (κ1) is 22.3. The number of hydrogen-bond acceptors (Lipinski definition) is 4. The van der Waals surface area contributed by atoms with Gasteiger partial charge in [-0.3, -0.25) is 14.5 Å². The molecular weight excluding hydrogens is 407 g/mol. The summed E-state index contributed by atoms with van der Waals surface area (Å²) in [7, 11) is 2.11. The summed E-state index contributed by atoms with van der Waals surface area (Å²) in [5.41, 5.74) is 4.54. The molecule has 1 fully saturated rings. The molecule has 1 saturated heterocycles. The minimum atomic E-state index is -0.678. The Kier molecular flexibility index (Phi) is 7.05. The molecule has 2 heterocycles. The van der Waals surface area contributed by atoms with Crippen LogP contribution in [0.4, 0.5) is 10.1 Å². The largest absolute Gasteiger partial charge is 0.374 e. The monoisotopic (exact) mass is 438 g/mol. The lowest BCUT2D eigenvalue weighted by Crippen LogP contribution is -2.45. The van der Waals surface area contributed by atoms with Gasteiger partial charge in [-0.15, -0.1) is 0 Å². The fourth-order valence-electron chi connectivity index (χ4n) is 4.62. The highest BCUT2D eigenvalue weighted by Crippen LogP contribution is 2.32. The summed E-state index contributed by atoms with van der Waals surface area (Å²) < 4.78 is 13.0. The summed E-state index contributed by atoms with van der Waals surface area (Å²) in [5.74, 6) is -1.66. The van der Waals surface area contributed by atoms with Crippen LogP contribution in [0.25, 0.3) is 0 Å². The maximum Gasteiger partial charge on any atom is 0.309 e. The van der Waals surface area contributed by atoms with Crippen LogP contribution in [0.2, 0.25) is 0 Å². The van der Waals surface area contributed by atoms with Gasteiger partial charge in [-0.25, -0.2) is 4.39 Å². The van der Waals surface area contributed by atoms with Crippen LogP contribution in [-0.4, -0.2) is 49.9 Å². The third-order valence-electron chi connectivity index (χ3n) is 6.48. The summed E-state index contributed by atoms with van der Waals surface area (Å²) in [6.07, 6.45) is 4.56. The highest BCUT2D eigenvalue weighted by molar-refractivity contribution is 6.35. The number of fused-ring (bicyclic) bond motifs is 1. The summed E-state index contributed by atoms with van der Waals surface area (Å²) in [6.45, 7) is 3.58. The molecule has 1 unspecified atom stereocenters. The van der Waals surface area contributed by atoms with Crippen molar-refractivity contribution in [3.05, 3.63) is 65.0 Å². The second-order valence-electron chi connectivity index (χ2n) is 8.69. The quantitative estimate of drug-likeness (QED) is 0.681. The Morgan fingerprint density at radius 2 is 1.69 bits per heavy atom. The molecule has 1 atom stereocenters. The van der Waals surface area contributed by atoms with Crippen molar-refractivity contribution >= 4 is 17.5 Å². The molecule has 2 aromatic rings. The van der Waals surface area contributed by atoms with Gasteiger partial charge in [0.15, 0.2) is 0 Å². The second-order valence-corrected chi connectivity index (χ2v) is 8.69. The summed E-state index contributed by atoms with van der Waals surface area (Å²) in [6, 6.07) is 12.5. The van der Waals surface area contributed by atoms with E-state index in [1.165, 1.54) is 35.4 Å². The second kappa shape index (κ2) is 10.1. The van der Waals surface area contributed by atoms with Gasteiger partial charge in [0.05, 0.1) is 6.04 Å². The summed E-state index contributed by atoms with van der Waals surface area (Å²) >= 11 is 0. The summed E-state index contributed by atoms with van der Waals surface area (Å²) in [4.78, 5) is 29.4. The number of nitrogens with one attached hydrogen (secondary N) is 2. The topological polar surface area (TPSA) is 64.7 Å². The number of piperidine rings is 1. The zero-order chi connectivity index (χ0) is 22.5. The van der Waals surface area contributed by atoms with Crippen LogP contribution >= 0.6 is 0 Å². The van der Waals surface area contributed by atoms with Crippen molar-refractivity contribution in [1.82, 2.24) is 15.5 Å². The number of benzene rings is 2. The Morgan fingerprint density at radius 1 is 0.969 bits per heavy atom. The number of likely N-dealkylation sites (N-methyl/N-ethyl adjacent to an activating group) is 1. The third kappa shape index (κ3) is 5.27. The standard InChI is InChI=1S/C25H31FN4O2/c1-29-14-11-20-15-19(7-10-22(20)29)23(30-12-3-2-4-13-30)17-28-25(32)24(31)27-16-18-5-8-21(26)9-6-18/h5-10,15,23H,2-4,11-14,16-17H2,1H3,(H,27,31)(H,28,32). The predicted octanol–water partition coefficient (Wildman–Crippen LogP) is 2.78. The lowest BCUT2D eigenvalue weighted by atomic mass is 9.98. The van der Waals surface area contributed by atoms with Gasteiger partial charge in [0, 0.05) is 32.4 Å². The number of carbonyl (C=O) groups is 2. The number of hydrogen-bond donors (Lipinski definition) is 2. The number of rotatable bonds is 6. The maximum absolute atomic E-state index is 13.0. The Morgan fingerprint density at radius 3 is 2.44 bits per heavy atom. The van der Waals surface area contributed by atoms with E-state index < -0.39 is 11.8 Å². The fraction of sp³-hybridized carbons (Fsp3) is 0.440. The first-order valence-corrected chi connectivity index (χ1v) is 11.4. The zero-order valence-electron chi connectivity index (χ0n) is 18.6. The highest BCUT2D eigenvalue weighted by atomic mass is 19.1. The van der Waals surface area contributed by atoms with E-state index in [9.17, 15) is 14.0 Å². The van der Waals surface area contributed by atoms with E-state index in [0.717, 1.165) is 44.5 Å². The number of likely N-dealkylation sites (tertiary alicyclic amines) is 1.